The highest BCUT2D eigenvalue weighted by Crippen LogP contribution is 2.22. The summed E-state index contributed by atoms with van der Waals surface area (Å²) in [5.41, 5.74) is 3.26. The molecule has 2 aromatic carbocycles. The average molecular weight is 411 g/mol. The molecule has 3 rings (SSSR count). The summed E-state index contributed by atoms with van der Waals surface area (Å²) in [6.45, 7) is 3.17. The standard InChI is InChI=1S/C22H22FN3O4/c1-14-22(15(2)26(25-14)17-7-5-4-6-8-17)24-20(27)13-30-21(28)12-16-9-10-19(29-3)18(23)11-16/h4-11H,12-13H2,1-3H3,(H,24,27). The second kappa shape index (κ2) is 9.21. The number of esters is 1. The number of hydrogen-bond donors (Lipinski definition) is 1. The summed E-state index contributed by atoms with van der Waals surface area (Å²) in [5, 5.41) is 7.19. The number of ether oxygens (including phenoxy) is 2. The minimum absolute atomic E-state index is 0.0910. The van der Waals surface area contributed by atoms with Crippen molar-refractivity contribution in [2.75, 3.05) is 19.0 Å². The van der Waals surface area contributed by atoms with E-state index in [1.54, 1.807) is 17.7 Å². The number of methoxy groups -OCH3 is 1. The van der Waals surface area contributed by atoms with Crippen LogP contribution in [0.3, 0.4) is 0 Å². The van der Waals surface area contributed by atoms with Gasteiger partial charge >= 0.3 is 5.97 Å². The number of carbonyl (C=O) groups excluding carboxylic acids is 2. The molecule has 0 aliphatic rings. The van der Waals surface area contributed by atoms with Crippen LogP contribution in [0.15, 0.2) is 48.5 Å². The Kier molecular flexibility index (Phi) is 6.46. The van der Waals surface area contributed by atoms with Gasteiger partial charge in [0.2, 0.25) is 0 Å². The van der Waals surface area contributed by atoms with Crippen LogP contribution in [0.5, 0.6) is 5.75 Å². The van der Waals surface area contributed by atoms with Crippen LogP contribution in [0, 0.1) is 19.7 Å². The first-order valence-corrected chi connectivity index (χ1v) is 9.28. The van der Waals surface area contributed by atoms with Gasteiger partial charge < -0.3 is 14.8 Å². The van der Waals surface area contributed by atoms with Gasteiger partial charge in [0.15, 0.2) is 18.2 Å². The van der Waals surface area contributed by atoms with E-state index in [0.29, 0.717) is 16.9 Å². The summed E-state index contributed by atoms with van der Waals surface area (Å²) in [6, 6.07) is 13.7. The van der Waals surface area contributed by atoms with Gasteiger partial charge in [0.05, 0.1) is 36.3 Å². The van der Waals surface area contributed by atoms with Crippen LogP contribution in [0.4, 0.5) is 10.1 Å². The molecule has 156 valence electrons. The van der Waals surface area contributed by atoms with Crippen LogP contribution < -0.4 is 10.1 Å². The SMILES string of the molecule is COc1ccc(CC(=O)OCC(=O)Nc2c(C)nn(-c3ccccc3)c2C)cc1F. The summed E-state index contributed by atoms with van der Waals surface area (Å²) in [7, 11) is 1.36. The van der Waals surface area contributed by atoms with Gasteiger partial charge in [-0.25, -0.2) is 9.07 Å². The molecular formula is C22H22FN3O4. The Bertz CT molecular complexity index is 1060. The van der Waals surface area contributed by atoms with Gasteiger partial charge in [-0.1, -0.05) is 24.3 Å². The Morgan fingerprint density at radius 2 is 1.87 bits per heavy atom. The summed E-state index contributed by atoms with van der Waals surface area (Å²) < 4.78 is 25.3. The van der Waals surface area contributed by atoms with E-state index in [0.717, 1.165) is 11.4 Å². The largest absolute Gasteiger partial charge is 0.494 e. The van der Waals surface area contributed by atoms with E-state index < -0.39 is 24.3 Å². The molecule has 3 aromatic rings. The van der Waals surface area contributed by atoms with Crippen LogP contribution in [0.2, 0.25) is 0 Å². The third-order valence-corrected chi connectivity index (χ3v) is 4.49. The molecule has 0 atom stereocenters. The number of anilines is 1. The maximum absolute atomic E-state index is 13.7. The van der Waals surface area contributed by atoms with Gasteiger partial charge in [0.25, 0.3) is 5.91 Å². The van der Waals surface area contributed by atoms with E-state index in [1.165, 1.54) is 19.2 Å². The van der Waals surface area contributed by atoms with Crippen LogP contribution in [-0.4, -0.2) is 35.4 Å². The second-order valence-corrected chi connectivity index (χ2v) is 6.65. The number of aromatic nitrogens is 2. The maximum atomic E-state index is 13.7. The summed E-state index contributed by atoms with van der Waals surface area (Å²) >= 11 is 0. The predicted molar refractivity (Wildman–Crippen MR) is 109 cm³/mol. The highest BCUT2D eigenvalue weighted by Gasteiger charge is 2.16. The average Bonchev–Trinajstić information content (AvgIpc) is 3.01. The Hall–Kier alpha value is -3.68. The Morgan fingerprint density at radius 3 is 2.53 bits per heavy atom. The molecule has 0 bridgehead atoms. The van der Waals surface area contributed by atoms with Gasteiger partial charge in [-0.3, -0.25) is 9.59 Å². The maximum Gasteiger partial charge on any atom is 0.310 e. The molecule has 1 amide bonds. The van der Waals surface area contributed by atoms with E-state index in [1.807, 2.05) is 37.3 Å². The van der Waals surface area contributed by atoms with Crippen molar-refractivity contribution in [3.63, 3.8) is 0 Å². The van der Waals surface area contributed by atoms with Crippen molar-refractivity contribution in [2.24, 2.45) is 0 Å². The first-order chi connectivity index (χ1) is 14.4. The zero-order chi connectivity index (χ0) is 21.7. The number of nitrogens with zero attached hydrogens (tertiary/aromatic N) is 2. The van der Waals surface area contributed by atoms with Gasteiger partial charge in [-0.15, -0.1) is 0 Å². The normalized spacial score (nSPS) is 10.5. The van der Waals surface area contributed by atoms with E-state index >= 15 is 0 Å². The highest BCUT2D eigenvalue weighted by molar-refractivity contribution is 5.94. The summed E-state index contributed by atoms with van der Waals surface area (Å²) in [4.78, 5) is 24.2. The van der Waals surface area contributed by atoms with Gasteiger partial charge in [0.1, 0.15) is 0 Å². The fraction of sp³-hybridized carbons (Fsp3) is 0.227. The van der Waals surface area contributed by atoms with Crippen molar-refractivity contribution in [2.45, 2.75) is 20.3 Å². The molecule has 7 nitrogen and oxygen atoms in total. The molecular weight excluding hydrogens is 389 g/mol. The summed E-state index contributed by atoms with van der Waals surface area (Å²) in [6.07, 6.45) is -0.155. The van der Waals surface area contributed by atoms with E-state index in [2.05, 4.69) is 10.4 Å². The number of aryl methyl sites for hydroxylation is 1. The Morgan fingerprint density at radius 1 is 1.13 bits per heavy atom. The van der Waals surface area contributed by atoms with Crippen molar-refractivity contribution >= 4 is 17.6 Å². The smallest absolute Gasteiger partial charge is 0.310 e. The lowest BCUT2D eigenvalue weighted by atomic mass is 10.1. The zero-order valence-electron chi connectivity index (χ0n) is 16.9. The molecule has 1 heterocycles. The van der Waals surface area contributed by atoms with Crippen LogP contribution >= 0.6 is 0 Å². The first kappa shape index (κ1) is 21.0. The third-order valence-electron chi connectivity index (χ3n) is 4.49. The molecule has 0 saturated carbocycles. The number of hydrogen-bond acceptors (Lipinski definition) is 5. The molecule has 0 aliphatic heterocycles. The van der Waals surface area contributed by atoms with Crippen molar-refractivity contribution in [3.8, 4) is 11.4 Å². The van der Waals surface area contributed by atoms with E-state index in [-0.39, 0.29) is 12.2 Å². The molecule has 0 radical (unpaired) electrons. The lowest BCUT2D eigenvalue weighted by Crippen LogP contribution is -2.22. The first-order valence-electron chi connectivity index (χ1n) is 9.28. The summed E-state index contributed by atoms with van der Waals surface area (Å²) in [5.74, 6) is -1.60. The van der Waals surface area contributed by atoms with E-state index in [9.17, 15) is 14.0 Å². The monoisotopic (exact) mass is 411 g/mol. The molecule has 8 heteroatoms. The van der Waals surface area contributed by atoms with Crippen molar-refractivity contribution in [3.05, 3.63) is 71.3 Å². The molecule has 0 spiro atoms. The second-order valence-electron chi connectivity index (χ2n) is 6.65. The number of benzene rings is 2. The van der Waals surface area contributed by atoms with Gasteiger partial charge in [0, 0.05) is 0 Å². The molecule has 1 aromatic heterocycles. The quantitative estimate of drug-likeness (QED) is 0.603. The number of para-hydroxylation sites is 1. The van der Waals surface area contributed by atoms with Crippen molar-refractivity contribution < 1.29 is 23.5 Å². The third kappa shape index (κ3) is 4.83. The molecule has 0 saturated heterocycles. The topological polar surface area (TPSA) is 82.4 Å². The molecule has 1 N–H and O–H groups in total. The fourth-order valence-electron chi connectivity index (χ4n) is 3.00. The molecule has 30 heavy (non-hydrogen) atoms. The lowest BCUT2D eigenvalue weighted by Gasteiger charge is -2.08. The molecule has 0 aliphatic carbocycles. The number of halogens is 1. The molecule has 0 fully saturated rings. The zero-order valence-corrected chi connectivity index (χ0v) is 16.9. The van der Waals surface area contributed by atoms with Crippen LogP contribution in [-0.2, 0) is 20.7 Å². The number of carbonyl (C=O) groups is 2. The minimum atomic E-state index is -0.636. The Labute approximate surface area is 173 Å². The van der Waals surface area contributed by atoms with Crippen LogP contribution in [0.1, 0.15) is 17.0 Å². The fourth-order valence-corrected chi connectivity index (χ4v) is 3.00. The van der Waals surface area contributed by atoms with Gasteiger partial charge in [-0.05, 0) is 43.7 Å². The predicted octanol–water partition coefficient (Wildman–Crippen LogP) is 3.36. The minimum Gasteiger partial charge on any atom is -0.494 e. The Balaban J connectivity index is 1.58. The number of nitrogens with one attached hydrogen (secondary N) is 1. The van der Waals surface area contributed by atoms with Crippen LogP contribution in [0.25, 0.3) is 5.69 Å². The molecule has 0 unspecified atom stereocenters. The number of amides is 1. The van der Waals surface area contributed by atoms with Crippen molar-refractivity contribution in [1.29, 1.82) is 0 Å². The van der Waals surface area contributed by atoms with E-state index in [4.69, 9.17) is 9.47 Å². The number of rotatable bonds is 7. The van der Waals surface area contributed by atoms with Crippen molar-refractivity contribution in [1.82, 2.24) is 9.78 Å². The highest BCUT2D eigenvalue weighted by atomic mass is 19.1. The lowest BCUT2D eigenvalue weighted by molar-refractivity contribution is -0.146. The van der Waals surface area contributed by atoms with Gasteiger partial charge in [-0.2, -0.15) is 5.10 Å².